The van der Waals surface area contributed by atoms with E-state index in [-0.39, 0.29) is 0 Å². The molecule has 0 spiro atoms. The molecule has 0 aliphatic heterocycles. The van der Waals surface area contributed by atoms with Crippen LogP contribution in [0.3, 0.4) is 0 Å². The first-order valence-electron chi connectivity index (χ1n) is 6.00. The number of nitrogens with zero attached hydrogens (tertiary/aromatic N) is 1. The third-order valence-corrected chi connectivity index (χ3v) is 3.46. The van der Waals surface area contributed by atoms with Crippen molar-refractivity contribution >= 4 is 28.9 Å². The molecule has 2 aromatic rings. The molecule has 0 aliphatic carbocycles. The van der Waals surface area contributed by atoms with E-state index in [2.05, 4.69) is 4.98 Å². The number of alkyl halides is 1. The molecule has 0 saturated heterocycles. The molecule has 0 bridgehead atoms. The second-order valence-electron chi connectivity index (χ2n) is 3.55. The number of aromatic carboxylic acids is 1. The van der Waals surface area contributed by atoms with Gasteiger partial charge < -0.3 is 5.11 Å². The Bertz CT molecular complexity index is 522. The summed E-state index contributed by atoms with van der Waals surface area (Å²) in [5, 5.41) is 11.7. The fourth-order valence-electron chi connectivity index (χ4n) is 1.43. The van der Waals surface area contributed by atoms with Gasteiger partial charge >= 0.3 is 5.97 Å². The highest BCUT2D eigenvalue weighted by atomic mass is 35.5. The van der Waals surface area contributed by atoms with Crippen LogP contribution in [0.2, 0.25) is 0 Å². The van der Waals surface area contributed by atoms with Crippen molar-refractivity contribution in [1.29, 1.82) is 0 Å². The number of rotatable bonds is 4. The molecule has 102 valence electrons. The monoisotopic (exact) mass is 297 g/mol. The third kappa shape index (κ3) is 4.65. The largest absolute Gasteiger partial charge is 0.478 e. The molecule has 0 fully saturated rings. The van der Waals surface area contributed by atoms with Crippen molar-refractivity contribution in [3.05, 3.63) is 51.5 Å². The van der Waals surface area contributed by atoms with Gasteiger partial charge in [0.1, 0.15) is 0 Å². The maximum atomic E-state index is 10.7. The highest BCUT2D eigenvalue weighted by Crippen LogP contribution is 2.16. The molecular formula is C14H16ClNO2S. The molecule has 5 heteroatoms. The lowest BCUT2D eigenvalue weighted by Crippen LogP contribution is -1.96. The molecule has 0 aliphatic rings. The van der Waals surface area contributed by atoms with E-state index in [1.54, 1.807) is 23.5 Å². The minimum atomic E-state index is -0.907. The number of carbonyl (C=O) groups is 1. The van der Waals surface area contributed by atoms with Gasteiger partial charge in [-0.3, -0.25) is 0 Å². The lowest BCUT2D eigenvalue weighted by molar-refractivity contribution is 0.0697. The smallest absolute Gasteiger partial charge is 0.335 e. The molecule has 19 heavy (non-hydrogen) atoms. The van der Waals surface area contributed by atoms with E-state index in [1.807, 2.05) is 31.4 Å². The zero-order valence-corrected chi connectivity index (χ0v) is 12.5. The summed E-state index contributed by atoms with van der Waals surface area (Å²) in [7, 11) is 0. The number of thiazole rings is 1. The summed E-state index contributed by atoms with van der Waals surface area (Å²) < 4.78 is 0. The fourth-order valence-corrected chi connectivity index (χ4v) is 2.49. The van der Waals surface area contributed by atoms with Crippen LogP contribution in [0.15, 0.2) is 29.6 Å². The Kier molecular flexibility index (Phi) is 6.53. The van der Waals surface area contributed by atoms with Crippen LogP contribution in [0.5, 0.6) is 0 Å². The molecule has 0 amide bonds. The number of benzene rings is 1. The normalized spacial score (nSPS) is 9.63. The maximum Gasteiger partial charge on any atom is 0.335 e. The van der Waals surface area contributed by atoms with Crippen LogP contribution in [0.1, 0.15) is 40.5 Å². The first kappa shape index (κ1) is 15.7. The Morgan fingerprint density at radius 2 is 1.95 bits per heavy atom. The zero-order chi connectivity index (χ0) is 14.3. The SMILES string of the molecule is CC.O=C(O)c1ccc(Cc2nc(CCl)cs2)cc1. The molecule has 1 aromatic heterocycles. The standard InChI is InChI=1S/C12H10ClNO2S.C2H6/c13-6-10-7-17-11(14-10)5-8-1-3-9(4-2-8)12(15)16;1-2/h1-4,7H,5-6H2,(H,15,16);1-2H3. The number of hydrogen-bond acceptors (Lipinski definition) is 3. The highest BCUT2D eigenvalue weighted by Gasteiger charge is 2.05. The zero-order valence-electron chi connectivity index (χ0n) is 10.9. The summed E-state index contributed by atoms with van der Waals surface area (Å²) in [4.78, 5) is 15.0. The van der Waals surface area contributed by atoms with Gasteiger partial charge in [-0.05, 0) is 17.7 Å². The third-order valence-electron chi connectivity index (χ3n) is 2.29. The first-order chi connectivity index (χ1) is 9.19. The van der Waals surface area contributed by atoms with Gasteiger partial charge in [-0.2, -0.15) is 0 Å². The summed E-state index contributed by atoms with van der Waals surface area (Å²) in [5.41, 5.74) is 2.23. The minimum Gasteiger partial charge on any atom is -0.478 e. The molecule has 0 radical (unpaired) electrons. The summed E-state index contributed by atoms with van der Waals surface area (Å²) in [6.45, 7) is 4.00. The predicted octanol–water partition coefficient (Wildman–Crippen LogP) is 4.20. The van der Waals surface area contributed by atoms with Crippen LogP contribution in [0.25, 0.3) is 0 Å². The van der Waals surface area contributed by atoms with E-state index in [0.29, 0.717) is 17.9 Å². The van der Waals surface area contributed by atoms with Gasteiger partial charge in [0.15, 0.2) is 0 Å². The maximum absolute atomic E-state index is 10.7. The van der Waals surface area contributed by atoms with Gasteiger partial charge in [-0.15, -0.1) is 22.9 Å². The number of aromatic nitrogens is 1. The average molecular weight is 298 g/mol. The summed E-state index contributed by atoms with van der Waals surface area (Å²) >= 11 is 7.25. The van der Waals surface area contributed by atoms with Gasteiger partial charge in [0.05, 0.1) is 22.1 Å². The van der Waals surface area contributed by atoms with Crippen LogP contribution in [-0.2, 0) is 12.3 Å². The molecule has 1 N–H and O–H groups in total. The number of carboxylic acids is 1. The van der Waals surface area contributed by atoms with E-state index in [1.165, 1.54) is 0 Å². The van der Waals surface area contributed by atoms with E-state index >= 15 is 0 Å². The molecular weight excluding hydrogens is 282 g/mol. The Morgan fingerprint density at radius 3 is 2.42 bits per heavy atom. The van der Waals surface area contributed by atoms with Gasteiger partial charge in [-0.1, -0.05) is 26.0 Å². The first-order valence-corrected chi connectivity index (χ1v) is 7.42. The number of hydrogen-bond donors (Lipinski definition) is 1. The molecule has 1 heterocycles. The van der Waals surface area contributed by atoms with Crippen molar-refractivity contribution in [2.24, 2.45) is 0 Å². The quantitative estimate of drug-likeness (QED) is 0.861. The van der Waals surface area contributed by atoms with E-state index in [4.69, 9.17) is 16.7 Å². The van der Waals surface area contributed by atoms with Crippen molar-refractivity contribution < 1.29 is 9.90 Å². The summed E-state index contributed by atoms with van der Waals surface area (Å²) in [6, 6.07) is 6.83. The van der Waals surface area contributed by atoms with Crippen molar-refractivity contribution in [3.8, 4) is 0 Å². The predicted molar refractivity (Wildman–Crippen MR) is 79.2 cm³/mol. The van der Waals surface area contributed by atoms with Gasteiger partial charge in [0.25, 0.3) is 0 Å². The molecule has 0 unspecified atom stereocenters. The topological polar surface area (TPSA) is 50.2 Å². The molecule has 2 rings (SSSR count). The van der Waals surface area contributed by atoms with Crippen molar-refractivity contribution in [3.63, 3.8) is 0 Å². The van der Waals surface area contributed by atoms with Crippen LogP contribution in [-0.4, -0.2) is 16.1 Å². The average Bonchev–Trinajstić information content (AvgIpc) is 2.89. The van der Waals surface area contributed by atoms with Crippen molar-refractivity contribution in [2.45, 2.75) is 26.1 Å². The van der Waals surface area contributed by atoms with E-state index in [0.717, 1.165) is 16.3 Å². The van der Waals surface area contributed by atoms with E-state index < -0.39 is 5.97 Å². The minimum absolute atomic E-state index is 0.300. The Morgan fingerprint density at radius 1 is 1.32 bits per heavy atom. The summed E-state index contributed by atoms with van der Waals surface area (Å²) in [6.07, 6.45) is 0.710. The van der Waals surface area contributed by atoms with Crippen molar-refractivity contribution in [2.75, 3.05) is 0 Å². The molecule has 0 saturated carbocycles. The second-order valence-corrected chi connectivity index (χ2v) is 4.75. The van der Waals surface area contributed by atoms with E-state index in [9.17, 15) is 4.79 Å². The highest BCUT2D eigenvalue weighted by molar-refractivity contribution is 7.09. The van der Waals surface area contributed by atoms with Crippen LogP contribution in [0, 0.1) is 0 Å². The van der Waals surface area contributed by atoms with Gasteiger partial charge in [0.2, 0.25) is 0 Å². The second kappa shape index (κ2) is 7.92. The Hall–Kier alpha value is -1.39. The number of carboxylic acid groups (broad SMARTS) is 1. The van der Waals surface area contributed by atoms with Crippen LogP contribution >= 0.6 is 22.9 Å². The molecule has 1 aromatic carbocycles. The van der Waals surface area contributed by atoms with Crippen LogP contribution < -0.4 is 0 Å². The lowest BCUT2D eigenvalue weighted by atomic mass is 10.1. The Labute approximate surface area is 121 Å². The summed E-state index contributed by atoms with van der Waals surface area (Å²) in [5.74, 6) is -0.482. The van der Waals surface area contributed by atoms with Crippen LogP contribution in [0.4, 0.5) is 0 Å². The fraction of sp³-hybridized carbons (Fsp3) is 0.286. The van der Waals surface area contributed by atoms with Gasteiger partial charge in [-0.25, -0.2) is 9.78 Å². The lowest BCUT2D eigenvalue weighted by Gasteiger charge is -1.99. The Balaban J connectivity index is 0.000000861. The van der Waals surface area contributed by atoms with Gasteiger partial charge in [0, 0.05) is 11.8 Å². The molecule has 0 atom stereocenters. The van der Waals surface area contributed by atoms with Crippen molar-refractivity contribution in [1.82, 2.24) is 4.98 Å². The molecule has 3 nitrogen and oxygen atoms in total. The number of halogens is 1.